The molecule has 0 amide bonds. The van der Waals surface area contributed by atoms with Crippen molar-refractivity contribution in [3.63, 3.8) is 0 Å². The SMILES string of the molecule is COCc1cnc(N2CCC(C3CC3CCOc3cc(F)c(CCO)c(F)c3)CC2)nc1. The second kappa shape index (κ2) is 10.5. The zero-order valence-corrected chi connectivity index (χ0v) is 18.5. The van der Waals surface area contributed by atoms with Crippen molar-refractivity contribution in [2.45, 2.75) is 38.7 Å². The number of aliphatic hydroxyl groups excluding tert-OH is 1. The first-order valence-electron chi connectivity index (χ1n) is 11.4. The molecule has 0 radical (unpaired) electrons. The third kappa shape index (κ3) is 5.53. The molecule has 2 aliphatic rings. The minimum absolute atomic E-state index is 0.0359. The summed E-state index contributed by atoms with van der Waals surface area (Å²) in [5.74, 6) is 1.71. The summed E-state index contributed by atoms with van der Waals surface area (Å²) >= 11 is 0. The van der Waals surface area contributed by atoms with E-state index in [0.717, 1.165) is 43.9 Å². The Morgan fingerprint density at radius 3 is 2.44 bits per heavy atom. The van der Waals surface area contributed by atoms with Crippen LogP contribution in [0.5, 0.6) is 5.75 Å². The van der Waals surface area contributed by atoms with Gasteiger partial charge in [0.05, 0.1) is 13.2 Å². The van der Waals surface area contributed by atoms with Crippen LogP contribution in [0.3, 0.4) is 0 Å². The molecule has 4 rings (SSSR count). The van der Waals surface area contributed by atoms with Gasteiger partial charge in [-0.2, -0.15) is 0 Å². The number of aliphatic hydroxyl groups is 1. The predicted octanol–water partition coefficient (Wildman–Crippen LogP) is 3.76. The lowest BCUT2D eigenvalue weighted by Crippen LogP contribution is -2.35. The van der Waals surface area contributed by atoms with Crippen molar-refractivity contribution < 1.29 is 23.4 Å². The summed E-state index contributed by atoms with van der Waals surface area (Å²) in [5, 5.41) is 8.90. The van der Waals surface area contributed by atoms with Gasteiger partial charge in [0.15, 0.2) is 0 Å². The fraction of sp³-hybridized carbons (Fsp3) is 0.583. The van der Waals surface area contributed by atoms with Crippen molar-refractivity contribution >= 4 is 5.95 Å². The molecular weight excluding hydrogens is 416 g/mol. The molecular formula is C24H31F2N3O3. The van der Waals surface area contributed by atoms with Crippen LogP contribution >= 0.6 is 0 Å². The van der Waals surface area contributed by atoms with Gasteiger partial charge in [-0.05, 0) is 43.4 Å². The number of anilines is 1. The topological polar surface area (TPSA) is 67.7 Å². The van der Waals surface area contributed by atoms with E-state index in [4.69, 9.17) is 14.6 Å². The summed E-state index contributed by atoms with van der Waals surface area (Å²) in [6, 6.07) is 2.41. The average Bonchev–Trinajstić information content (AvgIpc) is 3.57. The van der Waals surface area contributed by atoms with Gasteiger partial charge < -0.3 is 19.5 Å². The number of nitrogens with zero attached hydrogens (tertiary/aromatic N) is 3. The van der Waals surface area contributed by atoms with Crippen LogP contribution < -0.4 is 9.64 Å². The van der Waals surface area contributed by atoms with Crippen LogP contribution in [0.2, 0.25) is 0 Å². The summed E-state index contributed by atoms with van der Waals surface area (Å²) in [6.07, 6.45) is 7.98. The van der Waals surface area contributed by atoms with E-state index in [2.05, 4.69) is 14.9 Å². The molecule has 1 aromatic heterocycles. The van der Waals surface area contributed by atoms with Crippen LogP contribution in [0.4, 0.5) is 14.7 Å². The van der Waals surface area contributed by atoms with Crippen molar-refractivity contribution in [2.75, 3.05) is 38.3 Å². The standard InChI is InChI=1S/C24H31F2N3O3/c1-31-15-16-13-27-24(28-14-16)29-6-2-17(3-7-29)21-10-18(21)5-9-32-19-11-22(25)20(4-8-30)23(26)12-19/h11-14,17-18,21,30H,2-10,15H2,1H3. The highest BCUT2D eigenvalue weighted by atomic mass is 19.1. The van der Waals surface area contributed by atoms with Crippen LogP contribution in [0.25, 0.3) is 0 Å². The molecule has 1 aromatic carbocycles. The Labute approximate surface area is 187 Å². The van der Waals surface area contributed by atoms with Gasteiger partial charge in [-0.25, -0.2) is 18.7 Å². The van der Waals surface area contributed by atoms with Gasteiger partial charge in [0.25, 0.3) is 0 Å². The number of aromatic nitrogens is 2. The average molecular weight is 448 g/mol. The highest BCUT2D eigenvalue weighted by Gasteiger charge is 2.43. The van der Waals surface area contributed by atoms with Gasteiger partial charge in [-0.3, -0.25) is 0 Å². The Kier molecular flexibility index (Phi) is 7.52. The summed E-state index contributed by atoms with van der Waals surface area (Å²) in [4.78, 5) is 11.2. The van der Waals surface area contributed by atoms with Crippen molar-refractivity contribution in [1.29, 1.82) is 0 Å². The zero-order chi connectivity index (χ0) is 22.5. The molecule has 2 atom stereocenters. The highest BCUT2D eigenvalue weighted by Crippen LogP contribution is 2.49. The summed E-state index contributed by atoms with van der Waals surface area (Å²) in [7, 11) is 1.66. The fourth-order valence-corrected chi connectivity index (χ4v) is 4.80. The number of ether oxygens (including phenoxy) is 2. The van der Waals surface area contributed by atoms with Crippen LogP contribution in [-0.2, 0) is 17.8 Å². The van der Waals surface area contributed by atoms with Gasteiger partial charge in [-0.15, -0.1) is 0 Å². The van der Waals surface area contributed by atoms with E-state index in [1.807, 2.05) is 12.4 Å². The van der Waals surface area contributed by atoms with E-state index >= 15 is 0 Å². The molecule has 6 nitrogen and oxygen atoms in total. The first-order valence-corrected chi connectivity index (χ1v) is 11.4. The maximum absolute atomic E-state index is 14.0. The van der Waals surface area contributed by atoms with Gasteiger partial charge in [0, 0.05) is 68.9 Å². The van der Waals surface area contributed by atoms with Crippen LogP contribution in [0.1, 0.15) is 36.8 Å². The van der Waals surface area contributed by atoms with Gasteiger partial charge in [0.1, 0.15) is 17.4 Å². The molecule has 2 heterocycles. The summed E-state index contributed by atoms with van der Waals surface area (Å²) in [6.45, 7) is 2.62. The number of hydrogen-bond acceptors (Lipinski definition) is 6. The Bertz CT molecular complexity index is 866. The maximum Gasteiger partial charge on any atom is 0.225 e. The van der Waals surface area contributed by atoms with Crippen LogP contribution in [0.15, 0.2) is 24.5 Å². The molecule has 0 bridgehead atoms. The zero-order valence-electron chi connectivity index (χ0n) is 18.5. The largest absolute Gasteiger partial charge is 0.493 e. The smallest absolute Gasteiger partial charge is 0.225 e. The normalized spacial score (nSPS) is 21.1. The number of benzene rings is 1. The maximum atomic E-state index is 14.0. The summed E-state index contributed by atoms with van der Waals surface area (Å²) in [5.41, 5.74) is 0.880. The van der Waals surface area contributed by atoms with E-state index in [1.165, 1.54) is 18.6 Å². The fourth-order valence-electron chi connectivity index (χ4n) is 4.80. The Morgan fingerprint density at radius 1 is 1.12 bits per heavy atom. The van der Waals surface area contributed by atoms with E-state index in [1.54, 1.807) is 7.11 Å². The van der Waals surface area contributed by atoms with E-state index < -0.39 is 11.6 Å². The molecule has 0 spiro atoms. The van der Waals surface area contributed by atoms with Crippen molar-refractivity contribution in [2.24, 2.45) is 17.8 Å². The molecule has 1 saturated heterocycles. The van der Waals surface area contributed by atoms with Gasteiger partial charge in [0.2, 0.25) is 5.95 Å². The summed E-state index contributed by atoms with van der Waals surface area (Å²) < 4.78 is 38.6. The predicted molar refractivity (Wildman–Crippen MR) is 117 cm³/mol. The van der Waals surface area contributed by atoms with Crippen LogP contribution in [0, 0.1) is 29.4 Å². The van der Waals surface area contributed by atoms with Gasteiger partial charge >= 0.3 is 0 Å². The Morgan fingerprint density at radius 2 is 1.81 bits per heavy atom. The number of halogens is 2. The molecule has 1 saturated carbocycles. The van der Waals surface area contributed by atoms with Crippen molar-refractivity contribution in [3.8, 4) is 5.75 Å². The first kappa shape index (κ1) is 22.9. The highest BCUT2D eigenvalue weighted by molar-refractivity contribution is 5.31. The number of rotatable bonds is 10. The van der Waals surface area contributed by atoms with E-state index in [9.17, 15) is 8.78 Å². The molecule has 2 unspecified atom stereocenters. The molecule has 1 aliphatic carbocycles. The minimum atomic E-state index is -0.664. The Hall–Kier alpha value is -2.32. The lowest BCUT2D eigenvalue weighted by atomic mass is 9.90. The number of piperidine rings is 1. The second-order valence-electron chi connectivity index (χ2n) is 8.78. The first-order chi connectivity index (χ1) is 15.6. The number of methoxy groups -OCH3 is 1. The van der Waals surface area contributed by atoms with Crippen LogP contribution in [-0.4, -0.2) is 48.5 Å². The third-order valence-electron chi connectivity index (χ3n) is 6.64. The molecule has 32 heavy (non-hydrogen) atoms. The lowest BCUT2D eigenvalue weighted by Gasteiger charge is -2.32. The second-order valence-corrected chi connectivity index (χ2v) is 8.78. The molecule has 2 aromatic rings. The third-order valence-corrected chi connectivity index (χ3v) is 6.64. The molecule has 1 N–H and O–H groups in total. The Balaban J connectivity index is 1.18. The molecule has 174 valence electrons. The minimum Gasteiger partial charge on any atom is -0.493 e. The lowest BCUT2D eigenvalue weighted by molar-refractivity contribution is 0.184. The van der Waals surface area contributed by atoms with Crippen molar-refractivity contribution in [1.82, 2.24) is 9.97 Å². The van der Waals surface area contributed by atoms with E-state index in [-0.39, 0.29) is 24.3 Å². The molecule has 2 fully saturated rings. The van der Waals surface area contributed by atoms with Crippen molar-refractivity contribution in [3.05, 3.63) is 47.3 Å². The monoisotopic (exact) mass is 447 g/mol. The van der Waals surface area contributed by atoms with E-state index in [0.29, 0.717) is 31.0 Å². The molecule has 8 heteroatoms. The number of hydrogen-bond donors (Lipinski definition) is 1. The molecule has 1 aliphatic heterocycles. The van der Waals surface area contributed by atoms with Gasteiger partial charge in [-0.1, -0.05) is 0 Å². The quantitative estimate of drug-likeness (QED) is 0.598.